The monoisotopic (exact) mass is 267 g/mol. The summed E-state index contributed by atoms with van der Waals surface area (Å²) in [7, 11) is 2.10. The van der Waals surface area contributed by atoms with Gasteiger partial charge in [0.15, 0.2) is 0 Å². The lowest BCUT2D eigenvalue weighted by Gasteiger charge is -2.26. The molecule has 1 heterocycles. The first-order valence-electron chi connectivity index (χ1n) is 7.04. The molecule has 110 valence electrons. The molecule has 0 aliphatic rings. The van der Waals surface area contributed by atoms with E-state index in [1.165, 1.54) is 0 Å². The molecule has 1 rings (SSSR count). The quantitative estimate of drug-likeness (QED) is 0.819. The molecule has 2 N–H and O–H groups in total. The van der Waals surface area contributed by atoms with Crippen molar-refractivity contribution in [2.24, 2.45) is 11.1 Å². The molecular weight excluding hydrogens is 238 g/mol. The van der Waals surface area contributed by atoms with Gasteiger partial charge in [-0.15, -0.1) is 5.10 Å². The van der Waals surface area contributed by atoms with E-state index in [9.17, 15) is 0 Å². The van der Waals surface area contributed by atoms with Crippen LogP contribution in [0.25, 0.3) is 0 Å². The predicted molar refractivity (Wildman–Crippen MR) is 78.7 cm³/mol. The van der Waals surface area contributed by atoms with Crippen LogP contribution in [0.4, 0.5) is 0 Å². The van der Waals surface area contributed by atoms with Crippen molar-refractivity contribution in [1.29, 1.82) is 0 Å². The zero-order chi connectivity index (χ0) is 14.6. The third kappa shape index (κ3) is 5.70. The van der Waals surface area contributed by atoms with E-state index < -0.39 is 0 Å². The summed E-state index contributed by atoms with van der Waals surface area (Å²) in [6.45, 7) is 12.5. The second-order valence-corrected chi connectivity index (χ2v) is 6.76. The summed E-state index contributed by atoms with van der Waals surface area (Å²) in [4.78, 5) is 2.25. The number of rotatable bonds is 7. The Labute approximate surface area is 117 Å². The van der Waals surface area contributed by atoms with Crippen molar-refractivity contribution in [3.05, 3.63) is 11.9 Å². The summed E-state index contributed by atoms with van der Waals surface area (Å²) in [5.74, 6) is 0. The number of nitrogens with two attached hydrogens (primary N) is 1. The lowest BCUT2D eigenvalue weighted by molar-refractivity contribution is 0.250. The molecule has 0 amide bonds. The van der Waals surface area contributed by atoms with Crippen LogP contribution in [-0.2, 0) is 13.1 Å². The predicted octanol–water partition coefficient (Wildman–Crippen LogP) is 1.88. The van der Waals surface area contributed by atoms with Gasteiger partial charge >= 0.3 is 0 Å². The van der Waals surface area contributed by atoms with Crippen LogP contribution in [0.1, 0.15) is 46.7 Å². The molecular formula is C14H29N5. The van der Waals surface area contributed by atoms with Gasteiger partial charge in [-0.05, 0) is 39.7 Å². The highest BCUT2D eigenvalue weighted by Gasteiger charge is 2.21. The van der Waals surface area contributed by atoms with E-state index in [-0.39, 0.29) is 11.5 Å². The summed E-state index contributed by atoms with van der Waals surface area (Å²) < 4.78 is 1.94. The Kier molecular flexibility index (Phi) is 5.50. The highest BCUT2D eigenvalue weighted by Crippen LogP contribution is 2.23. The molecule has 19 heavy (non-hydrogen) atoms. The van der Waals surface area contributed by atoms with Crippen LogP contribution in [0.2, 0.25) is 0 Å². The third-order valence-corrected chi connectivity index (χ3v) is 3.34. The number of aromatic nitrogens is 3. The minimum atomic E-state index is 0.142. The Hall–Kier alpha value is -0.940. The van der Waals surface area contributed by atoms with Crippen molar-refractivity contribution in [3.8, 4) is 0 Å². The number of hydrogen-bond acceptors (Lipinski definition) is 4. The van der Waals surface area contributed by atoms with E-state index in [0.717, 1.165) is 25.2 Å². The highest BCUT2D eigenvalue weighted by molar-refractivity contribution is 4.93. The average Bonchev–Trinajstić information content (AvgIpc) is 2.61. The van der Waals surface area contributed by atoms with E-state index in [1.807, 2.05) is 17.8 Å². The van der Waals surface area contributed by atoms with Gasteiger partial charge in [0.25, 0.3) is 0 Å². The lowest BCUT2D eigenvalue weighted by atomic mass is 9.86. The molecule has 0 spiro atoms. The molecule has 1 aromatic heterocycles. The minimum Gasteiger partial charge on any atom is -0.328 e. The Bertz CT molecular complexity index is 381. The van der Waals surface area contributed by atoms with E-state index in [4.69, 9.17) is 5.73 Å². The van der Waals surface area contributed by atoms with Gasteiger partial charge in [-0.25, -0.2) is 0 Å². The molecule has 0 saturated heterocycles. The maximum absolute atomic E-state index is 5.88. The first-order valence-corrected chi connectivity index (χ1v) is 7.04. The normalized spacial score (nSPS) is 14.4. The zero-order valence-electron chi connectivity index (χ0n) is 13.2. The first kappa shape index (κ1) is 16.1. The van der Waals surface area contributed by atoms with E-state index >= 15 is 0 Å². The molecule has 5 nitrogen and oxygen atoms in total. The van der Waals surface area contributed by atoms with Gasteiger partial charge in [0.05, 0.1) is 5.69 Å². The van der Waals surface area contributed by atoms with Crippen LogP contribution in [0.3, 0.4) is 0 Å². The molecule has 1 aromatic rings. The third-order valence-electron chi connectivity index (χ3n) is 3.34. The van der Waals surface area contributed by atoms with E-state index in [2.05, 4.69) is 50.0 Å². The molecule has 1 unspecified atom stereocenters. The van der Waals surface area contributed by atoms with Crippen molar-refractivity contribution in [1.82, 2.24) is 19.9 Å². The average molecular weight is 267 g/mol. The fourth-order valence-corrected chi connectivity index (χ4v) is 2.30. The number of hydrogen-bond donors (Lipinski definition) is 1. The van der Waals surface area contributed by atoms with Crippen LogP contribution in [0.5, 0.6) is 0 Å². The molecule has 0 aliphatic carbocycles. The van der Waals surface area contributed by atoms with Crippen molar-refractivity contribution in [3.63, 3.8) is 0 Å². The van der Waals surface area contributed by atoms with Crippen molar-refractivity contribution >= 4 is 0 Å². The Balaban J connectivity index is 2.60. The SMILES string of the molecule is CC(N)CC(C)(C)Cn1cc(CN(C)C(C)C)nn1. The minimum absolute atomic E-state index is 0.142. The van der Waals surface area contributed by atoms with Crippen LogP contribution < -0.4 is 5.73 Å². The fraction of sp³-hybridized carbons (Fsp3) is 0.857. The molecule has 0 bridgehead atoms. The van der Waals surface area contributed by atoms with Gasteiger partial charge in [-0.3, -0.25) is 9.58 Å². The number of nitrogens with zero attached hydrogens (tertiary/aromatic N) is 4. The first-order chi connectivity index (χ1) is 8.69. The molecule has 0 aliphatic heterocycles. The van der Waals surface area contributed by atoms with Crippen molar-refractivity contribution in [2.75, 3.05) is 7.05 Å². The van der Waals surface area contributed by atoms with Gasteiger partial charge < -0.3 is 5.73 Å². The van der Waals surface area contributed by atoms with Crippen molar-refractivity contribution < 1.29 is 0 Å². The summed E-state index contributed by atoms with van der Waals surface area (Å²) >= 11 is 0. The summed E-state index contributed by atoms with van der Waals surface area (Å²) in [5, 5.41) is 8.46. The van der Waals surface area contributed by atoms with Crippen LogP contribution in [0, 0.1) is 5.41 Å². The maximum atomic E-state index is 5.88. The van der Waals surface area contributed by atoms with E-state index in [1.54, 1.807) is 0 Å². The maximum Gasteiger partial charge on any atom is 0.0967 e. The summed E-state index contributed by atoms with van der Waals surface area (Å²) in [6, 6.07) is 0.727. The summed E-state index contributed by atoms with van der Waals surface area (Å²) in [6.07, 6.45) is 3.02. The zero-order valence-corrected chi connectivity index (χ0v) is 13.2. The molecule has 5 heteroatoms. The molecule has 0 aromatic carbocycles. The summed E-state index contributed by atoms with van der Waals surface area (Å²) in [5.41, 5.74) is 7.05. The second-order valence-electron chi connectivity index (χ2n) is 6.76. The van der Waals surface area contributed by atoms with Crippen molar-refractivity contribution in [2.45, 2.75) is 66.2 Å². The standard InChI is InChI=1S/C14H29N5/c1-11(2)18(6)8-13-9-19(17-16-13)10-14(4,5)7-12(3)15/h9,11-12H,7-8,10,15H2,1-6H3. The van der Waals surface area contributed by atoms with Crippen LogP contribution in [0.15, 0.2) is 6.20 Å². The van der Waals surface area contributed by atoms with Crippen LogP contribution in [-0.4, -0.2) is 39.0 Å². The fourth-order valence-electron chi connectivity index (χ4n) is 2.30. The van der Waals surface area contributed by atoms with Gasteiger partial charge in [0.2, 0.25) is 0 Å². The van der Waals surface area contributed by atoms with Gasteiger partial charge in [-0.1, -0.05) is 19.1 Å². The van der Waals surface area contributed by atoms with Gasteiger partial charge in [0, 0.05) is 31.4 Å². The van der Waals surface area contributed by atoms with E-state index in [0.29, 0.717) is 6.04 Å². The Morgan fingerprint density at radius 1 is 1.37 bits per heavy atom. The highest BCUT2D eigenvalue weighted by atomic mass is 15.4. The second kappa shape index (κ2) is 6.48. The largest absolute Gasteiger partial charge is 0.328 e. The molecule has 0 radical (unpaired) electrons. The van der Waals surface area contributed by atoms with Gasteiger partial charge in [-0.2, -0.15) is 0 Å². The Morgan fingerprint density at radius 2 is 2.00 bits per heavy atom. The molecule has 0 fully saturated rings. The Morgan fingerprint density at radius 3 is 2.53 bits per heavy atom. The van der Waals surface area contributed by atoms with Gasteiger partial charge in [0.1, 0.15) is 0 Å². The van der Waals surface area contributed by atoms with Crippen LogP contribution >= 0.6 is 0 Å². The lowest BCUT2D eigenvalue weighted by Crippen LogP contribution is -2.29. The molecule has 1 atom stereocenters. The topological polar surface area (TPSA) is 60.0 Å². The smallest absolute Gasteiger partial charge is 0.0967 e. The molecule has 0 saturated carbocycles.